The van der Waals surface area contributed by atoms with Crippen molar-refractivity contribution in [2.24, 2.45) is 0 Å². The Kier molecular flexibility index (Phi) is 4.85. The molecule has 0 heterocycles. The van der Waals surface area contributed by atoms with Gasteiger partial charge in [-0.2, -0.15) is 0 Å². The highest BCUT2D eigenvalue weighted by atomic mass is 19.1. The zero-order valence-electron chi connectivity index (χ0n) is 11.5. The summed E-state index contributed by atoms with van der Waals surface area (Å²) in [6.45, 7) is 2.22. The Morgan fingerprint density at radius 3 is 2.33 bits per heavy atom. The van der Waals surface area contributed by atoms with Gasteiger partial charge in [0.2, 0.25) is 0 Å². The average Bonchev–Trinajstić information content (AvgIpc) is 2.40. The second-order valence-corrected chi connectivity index (χ2v) is 4.91. The molecule has 2 aromatic rings. The van der Waals surface area contributed by atoms with E-state index in [-0.39, 0.29) is 11.8 Å². The summed E-state index contributed by atoms with van der Waals surface area (Å²) in [5.41, 5.74) is 0.982. The smallest absolute Gasteiger partial charge is 0.126 e. The highest BCUT2D eigenvalue weighted by Gasteiger charge is 2.11. The van der Waals surface area contributed by atoms with Gasteiger partial charge < -0.3 is 10.4 Å². The third kappa shape index (κ3) is 4.23. The van der Waals surface area contributed by atoms with E-state index in [1.807, 2.05) is 0 Å². The van der Waals surface area contributed by atoms with Crippen LogP contribution in [0.25, 0.3) is 0 Å². The minimum atomic E-state index is -0.610. The molecule has 5 heteroatoms. The van der Waals surface area contributed by atoms with E-state index in [4.69, 9.17) is 0 Å². The van der Waals surface area contributed by atoms with E-state index in [0.29, 0.717) is 24.1 Å². The molecule has 1 atom stereocenters. The fraction of sp³-hybridized carbons (Fsp3) is 0.250. The van der Waals surface area contributed by atoms with Crippen molar-refractivity contribution in [1.29, 1.82) is 0 Å². The van der Waals surface area contributed by atoms with Crippen molar-refractivity contribution in [3.05, 3.63) is 65.0 Å². The Balaban J connectivity index is 1.95. The van der Waals surface area contributed by atoms with Gasteiger partial charge in [0.05, 0.1) is 0 Å². The number of benzene rings is 2. The molecular weight excluding hydrogens is 279 g/mol. The Bertz CT molecular complexity index is 611. The zero-order chi connectivity index (χ0) is 15.4. The van der Waals surface area contributed by atoms with E-state index in [0.717, 1.165) is 6.07 Å². The molecule has 2 aromatic carbocycles. The van der Waals surface area contributed by atoms with Crippen LogP contribution in [0.15, 0.2) is 36.4 Å². The number of nitrogens with one attached hydrogen (secondary N) is 1. The lowest BCUT2D eigenvalue weighted by Crippen LogP contribution is -2.21. The molecular formula is C16H16F3NO. The van der Waals surface area contributed by atoms with Crippen LogP contribution in [0, 0.1) is 17.5 Å². The molecule has 2 N–H and O–H groups in total. The molecule has 0 aliphatic carbocycles. The lowest BCUT2D eigenvalue weighted by molar-refractivity contribution is 0.449. The van der Waals surface area contributed by atoms with Gasteiger partial charge in [0.1, 0.15) is 23.2 Å². The molecule has 0 spiro atoms. The Morgan fingerprint density at radius 2 is 1.67 bits per heavy atom. The summed E-state index contributed by atoms with van der Waals surface area (Å²) in [6, 6.07) is 6.83. The van der Waals surface area contributed by atoms with Crippen LogP contribution in [0.4, 0.5) is 13.2 Å². The molecule has 0 saturated heterocycles. The van der Waals surface area contributed by atoms with Crippen LogP contribution in [-0.2, 0) is 6.42 Å². The summed E-state index contributed by atoms with van der Waals surface area (Å²) in [5.74, 6) is -1.64. The summed E-state index contributed by atoms with van der Waals surface area (Å²) < 4.78 is 39.2. The summed E-state index contributed by atoms with van der Waals surface area (Å²) in [4.78, 5) is 0. The molecule has 0 amide bonds. The molecule has 0 aliphatic heterocycles. The van der Waals surface area contributed by atoms with Gasteiger partial charge in [-0.1, -0.05) is 0 Å². The summed E-state index contributed by atoms with van der Waals surface area (Å²) in [5, 5.41) is 12.8. The van der Waals surface area contributed by atoms with E-state index in [1.54, 1.807) is 6.92 Å². The maximum atomic E-state index is 13.2. The van der Waals surface area contributed by atoms with Crippen LogP contribution in [0.3, 0.4) is 0 Å². The molecule has 21 heavy (non-hydrogen) atoms. The van der Waals surface area contributed by atoms with Crippen molar-refractivity contribution >= 4 is 0 Å². The van der Waals surface area contributed by atoms with Gasteiger partial charge in [0.15, 0.2) is 0 Å². The van der Waals surface area contributed by atoms with Crippen molar-refractivity contribution in [2.75, 3.05) is 6.54 Å². The zero-order valence-corrected chi connectivity index (χ0v) is 11.5. The van der Waals surface area contributed by atoms with Crippen LogP contribution in [0.1, 0.15) is 24.1 Å². The maximum absolute atomic E-state index is 13.2. The SMILES string of the molecule is CC(NCCc1cc(F)cc(F)c1)c1cc(F)ccc1O. The van der Waals surface area contributed by atoms with Gasteiger partial charge in [-0.3, -0.25) is 0 Å². The first-order valence-electron chi connectivity index (χ1n) is 6.62. The number of rotatable bonds is 5. The first-order valence-corrected chi connectivity index (χ1v) is 6.62. The number of hydrogen-bond donors (Lipinski definition) is 2. The van der Waals surface area contributed by atoms with E-state index >= 15 is 0 Å². The molecule has 1 unspecified atom stereocenters. The molecule has 0 aliphatic rings. The molecule has 2 rings (SSSR count). The number of hydrogen-bond acceptors (Lipinski definition) is 2. The third-order valence-corrected chi connectivity index (χ3v) is 3.24. The number of aromatic hydroxyl groups is 1. The Morgan fingerprint density at radius 1 is 1.00 bits per heavy atom. The van der Waals surface area contributed by atoms with Crippen molar-refractivity contribution in [2.45, 2.75) is 19.4 Å². The van der Waals surface area contributed by atoms with Crippen LogP contribution < -0.4 is 5.32 Å². The Hall–Kier alpha value is -2.01. The van der Waals surface area contributed by atoms with Crippen LogP contribution in [0.5, 0.6) is 5.75 Å². The second kappa shape index (κ2) is 6.63. The molecule has 112 valence electrons. The molecule has 0 fully saturated rings. The molecule has 0 radical (unpaired) electrons. The highest BCUT2D eigenvalue weighted by molar-refractivity contribution is 5.34. The predicted molar refractivity (Wildman–Crippen MR) is 74.5 cm³/mol. The van der Waals surface area contributed by atoms with E-state index in [2.05, 4.69) is 5.32 Å². The lowest BCUT2D eigenvalue weighted by Gasteiger charge is -2.15. The van der Waals surface area contributed by atoms with Gasteiger partial charge in [0, 0.05) is 17.7 Å². The number of halogens is 3. The fourth-order valence-corrected chi connectivity index (χ4v) is 2.17. The average molecular weight is 295 g/mol. The van der Waals surface area contributed by atoms with E-state index < -0.39 is 17.5 Å². The summed E-state index contributed by atoms with van der Waals surface area (Å²) >= 11 is 0. The first kappa shape index (κ1) is 15.4. The summed E-state index contributed by atoms with van der Waals surface area (Å²) in [7, 11) is 0. The number of phenols is 1. The topological polar surface area (TPSA) is 32.3 Å². The van der Waals surface area contributed by atoms with Crippen LogP contribution in [0.2, 0.25) is 0 Å². The van der Waals surface area contributed by atoms with Crippen LogP contribution in [-0.4, -0.2) is 11.7 Å². The quantitative estimate of drug-likeness (QED) is 0.881. The predicted octanol–water partition coefficient (Wildman–Crippen LogP) is 3.70. The van der Waals surface area contributed by atoms with Crippen molar-refractivity contribution in [1.82, 2.24) is 5.32 Å². The monoisotopic (exact) mass is 295 g/mol. The molecule has 2 nitrogen and oxygen atoms in total. The minimum absolute atomic E-state index is 0.00759. The van der Waals surface area contributed by atoms with Crippen LogP contribution >= 0.6 is 0 Å². The normalized spacial score (nSPS) is 12.4. The number of phenolic OH excluding ortho intramolecular Hbond substituents is 1. The van der Waals surface area contributed by atoms with Gasteiger partial charge in [-0.15, -0.1) is 0 Å². The standard InChI is InChI=1S/C16H16F3NO/c1-10(15-9-12(17)2-3-16(15)21)20-5-4-11-6-13(18)8-14(19)7-11/h2-3,6-10,20-21H,4-5H2,1H3. The maximum Gasteiger partial charge on any atom is 0.126 e. The lowest BCUT2D eigenvalue weighted by atomic mass is 10.1. The van der Waals surface area contributed by atoms with Gasteiger partial charge >= 0.3 is 0 Å². The van der Waals surface area contributed by atoms with E-state index in [9.17, 15) is 18.3 Å². The highest BCUT2D eigenvalue weighted by Crippen LogP contribution is 2.24. The molecule has 0 saturated carbocycles. The Labute approximate surface area is 121 Å². The minimum Gasteiger partial charge on any atom is -0.508 e. The van der Waals surface area contributed by atoms with Gasteiger partial charge in [0.25, 0.3) is 0 Å². The molecule has 0 aromatic heterocycles. The van der Waals surface area contributed by atoms with E-state index in [1.165, 1.54) is 30.3 Å². The van der Waals surface area contributed by atoms with Gasteiger partial charge in [-0.05, 0) is 55.8 Å². The van der Waals surface area contributed by atoms with Gasteiger partial charge in [-0.25, -0.2) is 13.2 Å². The largest absolute Gasteiger partial charge is 0.508 e. The van der Waals surface area contributed by atoms with Crippen molar-refractivity contribution < 1.29 is 18.3 Å². The third-order valence-electron chi connectivity index (χ3n) is 3.24. The second-order valence-electron chi connectivity index (χ2n) is 4.91. The summed E-state index contributed by atoms with van der Waals surface area (Å²) in [6.07, 6.45) is 0.426. The molecule has 0 bridgehead atoms. The van der Waals surface area contributed by atoms with Crippen molar-refractivity contribution in [3.8, 4) is 5.75 Å². The fourth-order valence-electron chi connectivity index (χ4n) is 2.17. The van der Waals surface area contributed by atoms with Crippen molar-refractivity contribution in [3.63, 3.8) is 0 Å². The first-order chi connectivity index (χ1) is 9.95.